The molecule has 18 heavy (non-hydrogen) atoms. The van der Waals surface area contributed by atoms with E-state index in [2.05, 4.69) is 31.1 Å². The number of halogens is 1. The van der Waals surface area contributed by atoms with E-state index in [0.29, 0.717) is 6.04 Å². The molecule has 0 saturated carbocycles. The molecule has 0 amide bonds. The Kier molecular flexibility index (Phi) is 6.91. The van der Waals surface area contributed by atoms with E-state index in [9.17, 15) is 4.39 Å². The van der Waals surface area contributed by atoms with Gasteiger partial charge in [-0.3, -0.25) is 4.90 Å². The van der Waals surface area contributed by atoms with Crippen molar-refractivity contribution in [3.05, 3.63) is 35.6 Å². The molecule has 0 saturated heterocycles. The zero-order valence-electron chi connectivity index (χ0n) is 11.7. The average Bonchev–Trinajstić information content (AvgIpc) is 2.34. The summed E-state index contributed by atoms with van der Waals surface area (Å²) in [4.78, 5) is 2.27. The van der Waals surface area contributed by atoms with E-state index in [1.807, 2.05) is 6.07 Å². The second-order valence-electron chi connectivity index (χ2n) is 4.93. The minimum Gasteiger partial charge on any atom is -0.317 e. The van der Waals surface area contributed by atoms with Crippen LogP contribution in [-0.2, 0) is 6.54 Å². The van der Waals surface area contributed by atoms with Gasteiger partial charge in [0.05, 0.1) is 0 Å². The van der Waals surface area contributed by atoms with Crippen molar-refractivity contribution in [3.8, 4) is 0 Å². The molecule has 2 nitrogen and oxygen atoms in total. The van der Waals surface area contributed by atoms with Gasteiger partial charge in [0.25, 0.3) is 0 Å². The lowest BCUT2D eigenvalue weighted by Crippen LogP contribution is -2.32. The highest BCUT2D eigenvalue weighted by Crippen LogP contribution is 2.09. The van der Waals surface area contributed by atoms with Gasteiger partial charge < -0.3 is 5.32 Å². The van der Waals surface area contributed by atoms with Gasteiger partial charge in [-0.15, -0.1) is 0 Å². The van der Waals surface area contributed by atoms with Gasteiger partial charge in [-0.2, -0.15) is 0 Å². The summed E-state index contributed by atoms with van der Waals surface area (Å²) in [5.74, 6) is -0.154. The monoisotopic (exact) mass is 252 g/mol. The highest BCUT2D eigenvalue weighted by molar-refractivity contribution is 5.16. The van der Waals surface area contributed by atoms with Crippen LogP contribution in [0.2, 0.25) is 0 Å². The highest BCUT2D eigenvalue weighted by Gasteiger charge is 2.09. The molecule has 0 fully saturated rings. The van der Waals surface area contributed by atoms with E-state index in [1.54, 1.807) is 12.1 Å². The Hall–Kier alpha value is -0.930. The summed E-state index contributed by atoms with van der Waals surface area (Å²) in [6.45, 7) is 7.31. The van der Waals surface area contributed by atoms with Crippen LogP contribution < -0.4 is 5.32 Å². The molecule has 102 valence electrons. The summed E-state index contributed by atoms with van der Waals surface area (Å²) in [7, 11) is 2.09. The Morgan fingerprint density at radius 2 is 2.11 bits per heavy atom. The molecule has 1 aromatic rings. The minimum absolute atomic E-state index is 0.154. The lowest BCUT2D eigenvalue weighted by Gasteiger charge is -2.25. The molecular weight excluding hydrogens is 227 g/mol. The van der Waals surface area contributed by atoms with Gasteiger partial charge in [0.2, 0.25) is 0 Å². The van der Waals surface area contributed by atoms with Gasteiger partial charge >= 0.3 is 0 Å². The van der Waals surface area contributed by atoms with E-state index in [4.69, 9.17) is 0 Å². The molecule has 1 rings (SSSR count). The van der Waals surface area contributed by atoms with Crippen LogP contribution in [0.25, 0.3) is 0 Å². The Morgan fingerprint density at radius 3 is 2.78 bits per heavy atom. The Morgan fingerprint density at radius 1 is 1.33 bits per heavy atom. The third kappa shape index (κ3) is 5.61. The smallest absolute Gasteiger partial charge is 0.123 e. The Balaban J connectivity index is 2.33. The van der Waals surface area contributed by atoms with Crippen LogP contribution in [0.1, 0.15) is 32.3 Å². The molecule has 1 atom stereocenters. The first-order valence-electron chi connectivity index (χ1n) is 6.79. The third-order valence-corrected chi connectivity index (χ3v) is 3.24. The topological polar surface area (TPSA) is 15.3 Å². The minimum atomic E-state index is -0.154. The Bertz CT molecular complexity index is 341. The summed E-state index contributed by atoms with van der Waals surface area (Å²) in [6.07, 6.45) is 2.29. The van der Waals surface area contributed by atoms with Gasteiger partial charge in [-0.1, -0.05) is 19.1 Å². The second-order valence-corrected chi connectivity index (χ2v) is 4.93. The second kappa shape index (κ2) is 8.22. The molecule has 1 N–H and O–H groups in total. The molecule has 0 spiro atoms. The van der Waals surface area contributed by atoms with Crippen LogP contribution in [0, 0.1) is 5.82 Å². The van der Waals surface area contributed by atoms with Crippen LogP contribution in [0.4, 0.5) is 4.39 Å². The zero-order chi connectivity index (χ0) is 13.4. The van der Waals surface area contributed by atoms with Crippen LogP contribution in [0.3, 0.4) is 0 Å². The summed E-state index contributed by atoms with van der Waals surface area (Å²) in [6, 6.07) is 7.34. The molecule has 1 unspecified atom stereocenters. The van der Waals surface area contributed by atoms with Crippen molar-refractivity contribution < 1.29 is 4.39 Å². The van der Waals surface area contributed by atoms with E-state index in [0.717, 1.165) is 31.6 Å². The number of hydrogen-bond acceptors (Lipinski definition) is 2. The summed E-state index contributed by atoms with van der Waals surface area (Å²) < 4.78 is 13.1. The number of rotatable bonds is 8. The molecule has 0 aliphatic rings. The maximum absolute atomic E-state index is 13.1. The lowest BCUT2D eigenvalue weighted by atomic mass is 10.1. The van der Waals surface area contributed by atoms with E-state index < -0.39 is 0 Å². The van der Waals surface area contributed by atoms with E-state index >= 15 is 0 Å². The molecule has 0 radical (unpaired) electrons. The van der Waals surface area contributed by atoms with Crippen molar-refractivity contribution in [2.75, 3.05) is 20.1 Å². The van der Waals surface area contributed by atoms with Crippen molar-refractivity contribution in [1.82, 2.24) is 10.2 Å². The molecule has 0 aliphatic heterocycles. The maximum atomic E-state index is 13.1. The van der Waals surface area contributed by atoms with Gasteiger partial charge in [0.15, 0.2) is 0 Å². The van der Waals surface area contributed by atoms with Gasteiger partial charge in [-0.25, -0.2) is 4.39 Å². The number of nitrogens with zero attached hydrogens (tertiary/aromatic N) is 1. The third-order valence-electron chi connectivity index (χ3n) is 3.24. The summed E-state index contributed by atoms with van der Waals surface area (Å²) >= 11 is 0. The van der Waals surface area contributed by atoms with Crippen LogP contribution in [0.15, 0.2) is 24.3 Å². The summed E-state index contributed by atoms with van der Waals surface area (Å²) in [5, 5.41) is 3.41. The SMILES string of the molecule is CCCNCCC(C)N(C)Cc1cccc(F)c1. The normalized spacial score (nSPS) is 12.9. The fourth-order valence-electron chi connectivity index (χ4n) is 1.91. The number of nitrogens with one attached hydrogen (secondary N) is 1. The molecule has 0 heterocycles. The van der Waals surface area contributed by atoms with Crippen molar-refractivity contribution >= 4 is 0 Å². The fourth-order valence-corrected chi connectivity index (χ4v) is 1.91. The zero-order valence-corrected chi connectivity index (χ0v) is 11.7. The quantitative estimate of drug-likeness (QED) is 0.715. The highest BCUT2D eigenvalue weighted by atomic mass is 19.1. The number of benzene rings is 1. The van der Waals surface area contributed by atoms with Crippen LogP contribution in [-0.4, -0.2) is 31.1 Å². The van der Waals surface area contributed by atoms with E-state index in [1.165, 1.54) is 12.5 Å². The predicted molar refractivity (Wildman–Crippen MR) is 75.1 cm³/mol. The molecular formula is C15H25FN2. The molecule has 3 heteroatoms. The molecule has 0 bridgehead atoms. The van der Waals surface area contributed by atoms with Crippen LogP contribution >= 0.6 is 0 Å². The van der Waals surface area contributed by atoms with Crippen molar-refractivity contribution in [2.45, 2.75) is 39.3 Å². The summed E-state index contributed by atoms with van der Waals surface area (Å²) in [5.41, 5.74) is 1.03. The van der Waals surface area contributed by atoms with Crippen LogP contribution in [0.5, 0.6) is 0 Å². The fraction of sp³-hybridized carbons (Fsp3) is 0.600. The first-order valence-corrected chi connectivity index (χ1v) is 6.79. The van der Waals surface area contributed by atoms with Crippen molar-refractivity contribution in [1.29, 1.82) is 0 Å². The van der Waals surface area contributed by atoms with Crippen molar-refractivity contribution in [2.24, 2.45) is 0 Å². The predicted octanol–water partition coefficient (Wildman–Crippen LogP) is 3.04. The number of hydrogen-bond donors (Lipinski definition) is 1. The largest absolute Gasteiger partial charge is 0.317 e. The first kappa shape index (κ1) is 15.1. The van der Waals surface area contributed by atoms with Gasteiger partial charge in [-0.05, 0) is 57.6 Å². The maximum Gasteiger partial charge on any atom is 0.123 e. The Labute approximate surface area is 110 Å². The standard InChI is InChI=1S/C15H25FN2/c1-4-9-17-10-8-13(2)18(3)12-14-6-5-7-15(16)11-14/h5-7,11,13,17H,4,8-10,12H2,1-3H3. The average molecular weight is 252 g/mol. The molecule has 1 aromatic carbocycles. The lowest BCUT2D eigenvalue weighted by molar-refractivity contribution is 0.236. The van der Waals surface area contributed by atoms with Gasteiger partial charge in [0.1, 0.15) is 5.82 Å². The van der Waals surface area contributed by atoms with E-state index in [-0.39, 0.29) is 5.82 Å². The van der Waals surface area contributed by atoms with Gasteiger partial charge in [0, 0.05) is 12.6 Å². The molecule has 0 aromatic heterocycles. The molecule has 0 aliphatic carbocycles. The first-order chi connectivity index (χ1) is 8.63. The van der Waals surface area contributed by atoms with Crippen molar-refractivity contribution in [3.63, 3.8) is 0 Å².